The Bertz CT molecular complexity index is 3170. The molecule has 0 fully saturated rings. The first-order valence-electron chi connectivity index (χ1n) is 18.0. The summed E-state index contributed by atoms with van der Waals surface area (Å²) in [6, 6.07) is 68.0. The van der Waals surface area contributed by atoms with Gasteiger partial charge in [0.1, 0.15) is 5.58 Å². The Balaban J connectivity index is 1.20. The highest BCUT2D eigenvalue weighted by atomic mass is 32.1. The standard InChI is InChI=1S/C50H31NOS/c1-2-13-33(14-3-1)48-41-19-6-4-15-36(41)37-16-5-7-20-42(37)49(48)51(44-22-12-21-43-38-17-8-10-23-45(38)52-50(43)44)35-28-25-32(26-29-35)34-27-30-40-39-18-9-11-24-46(39)53-47(40)31-34/h1-31H. The molecule has 0 unspecified atom stereocenters. The Labute approximate surface area is 310 Å². The smallest absolute Gasteiger partial charge is 0.159 e. The molecule has 0 saturated carbocycles. The van der Waals surface area contributed by atoms with Crippen LogP contribution in [0.15, 0.2) is 192 Å². The fourth-order valence-electron chi connectivity index (χ4n) is 8.26. The van der Waals surface area contributed by atoms with Gasteiger partial charge in [-0.05, 0) is 69.2 Å². The summed E-state index contributed by atoms with van der Waals surface area (Å²) >= 11 is 1.86. The largest absolute Gasteiger partial charge is 0.454 e. The summed E-state index contributed by atoms with van der Waals surface area (Å²) in [6.45, 7) is 0. The van der Waals surface area contributed by atoms with E-state index in [2.05, 4.69) is 187 Å². The first-order chi connectivity index (χ1) is 26.3. The summed E-state index contributed by atoms with van der Waals surface area (Å²) in [5.74, 6) is 0. The lowest BCUT2D eigenvalue weighted by Gasteiger charge is -2.30. The quantitative estimate of drug-likeness (QED) is 0.167. The minimum absolute atomic E-state index is 0.865. The van der Waals surface area contributed by atoms with Gasteiger partial charge in [0.25, 0.3) is 0 Å². The zero-order chi connectivity index (χ0) is 34.9. The van der Waals surface area contributed by atoms with Gasteiger partial charge in [-0.15, -0.1) is 11.3 Å². The van der Waals surface area contributed by atoms with Gasteiger partial charge in [-0.25, -0.2) is 0 Å². The van der Waals surface area contributed by atoms with Gasteiger partial charge in [0.2, 0.25) is 0 Å². The molecule has 0 aliphatic carbocycles. The van der Waals surface area contributed by atoms with Crippen LogP contribution in [0.4, 0.5) is 17.1 Å². The molecule has 53 heavy (non-hydrogen) atoms. The summed E-state index contributed by atoms with van der Waals surface area (Å²) in [5.41, 5.74) is 9.67. The molecule has 0 bridgehead atoms. The maximum atomic E-state index is 6.77. The average molecular weight is 694 g/mol. The molecule has 0 amide bonds. The molecule has 248 valence electrons. The van der Waals surface area contributed by atoms with Gasteiger partial charge < -0.3 is 9.32 Å². The highest BCUT2D eigenvalue weighted by molar-refractivity contribution is 7.25. The number of rotatable bonds is 5. The highest BCUT2D eigenvalue weighted by Gasteiger charge is 2.26. The zero-order valence-electron chi connectivity index (χ0n) is 28.7. The maximum Gasteiger partial charge on any atom is 0.159 e. The van der Waals surface area contributed by atoms with E-state index in [0.717, 1.165) is 39.0 Å². The second-order valence-electron chi connectivity index (χ2n) is 13.6. The highest BCUT2D eigenvalue weighted by Crippen LogP contribution is 2.51. The SMILES string of the molecule is c1ccc(-c2c(N(c3ccc(-c4ccc5c(c4)sc4ccccc45)cc3)c3cccc4c3oc3ccccc34)c3ccccc3c3ccccc23)cc1. The summed E-state index contributed by atoms with van der Waals surface area (Å²) in [4.78, 5) is 2.43. The lowest BCUT2D eigenvalue weighted by atomic mass is 9.90. The van der Waals surface area contributed by atoms with Crippen LogP contribution in [-0.2, 0) is 0 Å². The first kappa shape index (κ1) is 30.0. The summed E-state index contributed by atoms with van der Waals surface area (Å²) < 4.78 is 9.40. The first-order valence-corrected chi connectivity index (χ1v) is 18.8. The van der Waals surface area contributed by atoms with Crippen molar-refractivity contribution >= 4 is 92.1 Å². The number of hydrogen-bond donors (Lipinski definition) is 0. The molecule has 2 aromatic heterocycles. The normalized spacial score (nSPS) is 11.8. The van der Waals surface area contributed by atoms with E-state index in [-0.39, 0.29) is 0 Å². The molecule has 0 spiro atoms. The Morgan fingerprint density at radius 2 is 0.981 bits per heavy atom. The number of hydrogen-bond acceptors (Lipinski definition) is 3. The van der Waals surface area contributed by atoms with Crippen LogP contribution in [0.1, 0.15) is 0 Å². The van der Waals surface area contributed by atoms with Gasteiger partial charge in [-0.1, -0.05) is 152 Å². The lowest BCUT2D eigenvalue weighted by Crippen LogP contribution is -2.12. The van der Waals surface area contributed by atoms with Gasteiger partial charge in [0.05, 0.1) is 11.4 Å². The predicted octanol–water partition coefficient (Wildman–Crippen LogP) is 15.1. The second-order valence-corrected chi connectivity index (χ2v) is 14.7. The third-order valence-electron chi connectivity index (χ3n) is 10.7. The van der Waals surface area contributed by atoms with Crippen molar-refractivity contribution < 1.29 is 4.42 Å². The van der Waals surface area contributed by atoms with Crippen molar-refractivity contribution in [2.75, 3.05) is 4.90 Å². The van der Waals surface area contributed by atoms with Gasteiger partial charge >= 0.3 is 0 Å². The van der Waals surface area contributed by atoms with Crippen molar-refractivity contribution in [3.8, 4) is 22.3 Å². The molecule has 11 aromatic rings. The minimum Gasteiger partial charge on any atom is -0.454 e. The average Bonchev–Trinajstić information content (AvgIpc) is 3.80. The Kier molecular flexibility index (Phi) is 6.76. The van der Waals surface area contributed by atoms with E-state index in [4.69, 9.17) is 4.42 Å². The van der Waals surface area contributed by atoms with Crippen molar-refractivity contribution in [2.45, 2.75) is 0 Å². The number of benzene rings is 9. The fraction of sp³-hybridized carbons (Fsp3) is 0. The van der Waals surface area contributed by atoms with Crippen LogP contribution in [0.3, 0.4) is 0 Å². The van der Waals surface area contributed by atoms with Crippen molar-refractivity contribution in [3.05, 3.63) is 188 Å². The van der Waals surface area contributed by atoms with Crippen LogP contribution in [0.5, 0.6) is 0 Å². The molecule has 3 heteroatoms. The predicted molar refractivity (Wildman–Crippen MR) is 227 cm³/mol. The van der Waals surface area contributed by atoms with Crippen LogP contribution in [0, 0.1) is 0 Å². The molecule has 0 aliphatic heterocycles. The van der Waals surface area contributed by atoms with Crippen LogP contribution in [-0.4, -0.2) is 0 Å². The van der Waals surface area contributed by atoms with Crippen molar-refractivity contribution in [2.24, 2.45) is 0 Å². The molecule has 0 aliphatic rings. The topological polar surface area (TPSA) is 16.4 Å². The van der Waals surface area contributed by atoms with E-state index in [1.54, 1.807) is 0 Å². The molecule has 0 radical (unpaired) electrons. The number of para-hydroxylation sites is 2. The summed E-state index contributed by atoms with van der Waals surface area (Å²) in [7, 11) is 0. The molecule has 9 aromatic carbocycles. The molecule has 2 heterocycles. The zero-order valence-corrected chi connectivity index (χ0v) is 29.5. The van der Waals surface area contributed by atoms with Crippen LogP contribution >= 0.6 is 11.3 Å². The van der Waals surface area contributed by atoms with E-state index in [9.17, 15) is 0 Å². The summed E-state index contributed by atoms with van der Waals surface area (Å²) in [6.07, 6.45) is 0. The van der Waals surface area contributed by atoms with Crippen molar-refractivity contribution in [3.63, 3.8) is 0 Å². The van der Waals surface area contributed by atoms with E-state index in [0.29, 0.717) is 0 Å². The van der Waals surface area contributed by atoms with Gasteiger partial charge in [0.15, 0.2) is 5.58 Å². The number of nitrogens with zero attached hydrogens (tertiary/aromatic N) is 1. The molecule has 0 N–H and O–H groups in total. The molecule has 2 nitrogen and oxygen atoms in total. The second kappa shape index (κ2) is 11.9. The third-order valence-corrected chi connectivity index (χ3v) is 11.8. The number of fused-ring (bicyclic) bond motifs is 9. The molecule has 0 saturated heterocycles. The van der Waals surface area contributed by atoms with Gasteiger partial charge in [-0.3, -0.25) is 0 Å². The lowest BCUT2D eigenvalue weighted by molar-refractivity contribution is 0.669. The Hall–Kier alpha value is -6.68. The van der Waals surface area contributed by atoms with E-state index in [1.165, 1.54) is 64.0 Å². The number of anilines is 3. The molecular weight excluding hydrogens is 663 g/mol. The summed E-state index contributed by atoms with van der Waals surface area (Å²) in [5, 5.41) is 9.69. The van der Waals surface area contributed by atoms with Crippen LogP contribution < -0.4 is 4.90 Å². The van der Waals surface area contributed by atoms with Crippen molar-refractivity contribution in [1.29, 1.82) is 0 Å². The van der Waals surface area contributed by atoms with Crippen LogP contribution in [0.25, 0.3) is 85.9 Å². The van der Waals surface area contributed by atoms with Crippen molar-refractivity contribution in [1.82, 2.24) is 0 Å². The Morgan fingerprint density at radius 3 is 1.79 bits per heavy atom. The van der Waals surface area contributed by atoms with E-state index in [1.807, 2.05) is 17.4 Å². The third kappa shape index (κ3) is 4.71. The molecule has 11 rings (SSSR count). The molecule has 0 atom stereocenters. The number of thiophene rings is 1. The van der Waals surface area contributed by atoms with E-state index < -0.39 is 0 Å². The van der Waals surface area contributed by atoms with Gasteiger partial charge in [-0.2, -0.15) is 0 Å². The minimum atomic E-state index is 0.865. The van der Waals surface area contributed by atoms with E-state index >= 15 is 0 Å². The Morgan fingerprint density at radius 1 is 0.377 bits per heavy atom. The monoisotopic (exact) mass is 693 g/mol. The number of furan rings is 1. The molecular formula is C50H31NOS. The maximum absolute atomic E-state index is 6.77. The van der Waals surface area contributed by atoms with Gasteiger partial charge in [0, 0.05) is 47.6 Å². The van der Waals surface area contributed by atoms with Crippen LogP contribution in [0.2, 0.25) is 0 Å². The fourth-order valence-corrected chi connectivity index (χ4v) is 9.40.